The van der Waals surface area contributed by atoms with Crippen LogP contribution in [-0.4, -0.2) is 48.0 Å². The predicted octanol–water partition coefficient (Wildman–Crippen LogP) is 3.36. The molecule has 0 saturated carbocycles. The van der Waals surface area contributed by atoms with Gasteiger partial charge in [0.2, 0.25) is 0 Å². The monoisotopic (exact) mass is 484 g/mol. The molecule has 24 heavy (non-hydrogen) atoms. The summed E-state index contributed by atoms with van der Waals surface area (Å²) in [6, 6.07) is 6.51. The number of hydrogen-bond donors (Lipinski definition) is 2. The molecule has 0 fully saturated rings. The van der Waals surface area contributed by atoms with Gasteiger partial charge in [0, 0.05) is 31.0 Å². The second-order valence-electron chi connectivity index (χ2n) is 4.78. The molecule has 0 unspecified atom stereocenters. The zero-order chi connectivity index (χ0) is 16.9. The molecule has 9 heteroatoms. The Kier molecular flexibility index (Phi) is 14.2. The van der Waals surface area contributed by atoms with Gasteiger partial charge in [-0.15, -0.1) is 24.0 Å². The highest BCUT2D eigenvalue weighted by molar-refractivity contribution is 14.0. The maximum Gasteiger partial charge on any atom is 0.269 e. The molecule has 0 spiro atoms. The van der Waals surface area contributed by atoms with E-state index in [1.54, 1.807) is 23.9 Å². The van der Waals surface area contributed by atoms with Gasteiger partial charge in [0.15, 0.2) is 5.96 Å². The third kappa shape index (κ3) is 10.2. The Bertz CT molecular complexity index is 501. The molecule has 1 aromatic carbocycles. The number of halogens is 1. The van der Waals surface area contributed by atoms with Crippen molar-refractivity contribution in [2.45, 2.75) is 13.0 Å². The molecule has 0 radical (unpaired) electrons. The fraction of sp³-hybridized carbons (Fsp3) is 0.533. The van der Waals surface area contributed by atoms with Gasteiger partial charge in [0.25, 0.3) is 5.69 Å². The van der Waals surface area contributed by atoms with Crippen molar-refractivity contribution in [3.05, 3.63) is 39.9 Å². The molecule has 0 atom stereocenters. The second kappa shape index (κ2) is 14.6. The van der Waals surface area contributed by atoms with Crippen molar-refractivity contribution >= 4 is 59.1 Å². The summed E-state index contributed by atoms with van der Waals surface area (Å²) in [5, 5.41) is 17.3. The van der Waals surface area contributed by atoms with Crippen molar-refractivity contribution in [2.24, 2.45) is 4.99 Å². The second-order valence-corrected chi connectivity index (χ2v) is 6.75. The minimum atomic E-state index is -0.393. The van der Waals surface area contributed by atoms with Crippen LogP contribution in [0.3, 0.4) is 0 Å². The number of rotatable bonds is 10. The average molecular weight is 484 g/mol. The number of nitro benzene ring substituents is 1. The summed E-state index contributed by atoms with van der Waals surface area (Å²) < 4.78 is 0. The number of nitrogens with zero attached hydrogens (tertiary/aromatic N) is 2. The Labute approximate surface area is 169 Å². The lowest BCUT2D eigenvalue weighted by atomic mass is 10.2. The summed E-state index contributed by atoms with van der Waals surface area (Å²) in [6.45, 7) is 2.23. The molecular weight excluding hydrogens is 459 g/mol. The first-order valence-electron chi connectivity index (χ1n) is 7.40. The van der Waals surface area contributed by atoms with Gasteiger partial charge in [-0.3, -0.25) is 10.1 Å². The minimum Gasteiger partial charge on any atom is -0.356 e. The van der Waals surface area contributed by atoms with E-state index in [2.05, 4.69) is 28.1 Å². The molecule has 1 aromatic rings. The van der Waals surface area contributed by atoms with Crippen molar-refractivity contribution < 1.29 is 4.92 Å². The maximum absolute atomic E-state index is 10.7. The standard InChI is InChI=1S/C15H24N4O2S2.HI/c1-22-10-3-8-16-15(17-9-11-23-2)18-12-13-4-6-14(7-5-13)19(20)21;/h4-7H,3,8-12H2,1-2H3,(H2,16,17,18);1H. The third-order valence-corrected chi connectivity index (χ3v) is 4.29. The lowest BCUT2D eigenvalue weighted by molar-refractivity contribution is -0.384. The van der Waals surface area contributed by atoms with Crippen LogP contribution in [0.4, 0.5) is 5.69 Å². The van der Waals surface area contributed by atoms with E-state index in [0.717, 1.165) is 42.5 Å². The van der Waals surface area contributed by atoms with E-state index >= 15 is 0 Å². The maximum atomic E-state index is 10.7. The summed E-state index contributed by atoms with van der Waals surface area (Å²) in [5.74, 6) is 2.93. The molecule has 0 aliphatic carbocycles. The number of benzene rings is 1. The molecule has 0 aliphatic rings. The van der Waals surface area contributed by atoms with E-state index in [9.17, 15) is 10.1 Å². The Balaban J connectivity index is 0.00000529. The number of nitrogens with one attached hydrogen (secondary N) is 2. The molecule has 0 saturated heterocycles. The molecule has 0 heterocycles. The van der Waals surface area contributed by atoms with Gasteiger partial charge in [-0.1, -0.05) is 12.1 Å². The topological polar surface area (TPSA) is 79.6 Å². The number of thioether (sulfide) groups is 2. The van der Waals surface area contributed by atoms with Crippen molar-refractivity contribution in [1.29, 1.82) is 0 Å². The number of nitro groups is 1. The largest absolute Gasteiger partial charge is 0.356 e. The SMILES string of the molecule is CSCCCNC(=NCc1ccc([N+](=O)[O-])cc1)NCCSC.I. The fourth-order valence-electron chi connectivity index (χ4n) is 1.76. The van der Waals surface area contributed by atoms with Gasteiger partial charge in [-0.25, -0.2) is 4.99 Å². The zero-order valence-corrected chi connectivity index (χ0v) is 18.0. The Morgan fingerprint density at radius 3 is 2.33 bits per heavy atom. The van der Waals surface area contributed by atoms with Crippen LogP contribution in [0.15, 0.2) is 29.3 Å². The molecule has 2 N–H and O–H groups in total. The highest BCUT2D eigenvalue weighted by Crippen LogP contribution is 2.12. The summed E-state index contributed by atoms with van der Waals surface area (Å²) in [4.78, 5) is 14.8. The van der Waals surface area contributed by atoms with Crippen molar-refractivity contribution in [3.8, 4) is 0 Å². The first-order chi connectivity index (χ1) is 11.2. The number of hydrogen-bond acceptors (Lipinski definition) is 5. The van der Waals surface area contributed by atoms with E-state index < -0.39 is 4.92 Å². The minimum absolute atomic E-state index is 0. The van der Waals surface area contributed by atoms with Gasteiger partial charge in [0.1, 0.15) is 0 Å². The molecule has 0 amide bonds. The van der Waals surface area contributed by atoms with Crippen molar-refractivity contribution in [2.75, 3.05) is 37.1 Å². The van der Waals surface area contributed by atoms with Gasteiger partial charge < -0.3 is 10.6 Å². The first kappa shape index (κ1) is 23.3. The Hall–Kier alpha value is -0.680. The van der Waals surface area contributed by atoms with E-state index in [1.807, 2.05) is 11.8 Å². The highest BCUT2D eigenvalue weighted by atomic mass is 127. The van der Waals surface area contributed by atoms with Crippen LogP contribution in [0.2, 0.25) is 0 Å². The van der Waals surface area contributed by atoms with Crippen LogP contribution in [0.5, 0.6) is 0 Å². The molecular formula is C15H25IN4O2S2. The fourth-order valence-corrected chi connectivity index (χ4v) is 2.50. The Morgan fingerprint density at radius 2 is 1.75 bits per heavy atom. The van der Waals surface area contributed by atoms with E-state index in [1.165, 1.54) is 12.1 Å². The lowest BCUT2D eigenvalue weighted by Gasteiger charge is -2.12. The quantitative estimate of drug-likeness (QED) is 0.132. The summed E-state index contributed by atoms with van der Waals surface area (Å²) in [6.07, 6.45) is 5.25. The zero-order valence-electron chi connectivity index (χ0n) is 14.0. The Morgan fingerprint density at radius 1 is 1.12 bits per heavy atom. The van der Waals surface area contributed by atoms with Crippen LogP contribution < -0.4 is 10.6 Å². The molecule has 1 rings (SSSR count). The number of guanidine groups is 1. The van der Waals surface area contributed by atoms with Crippen LogP contribution in [0.25, 0.3) is 0 Å². The summed E-state index contributed by atoms with van der Waals surface area (Å²) in [7, 11) is 0. The smallest absolute Gasteiger partial charge is 0.269 e. The van der Waals surface area contributed by atoms with E-state index in [0.29, 0.717) is 6.54 Å². The van der Waals surface area contributed by atoms with Gasteiger partial charge in [-0.05, 0) is 30.2 Å². The normalized spacial score (nSPS) is 10.8. The van der Waals surface area contributed by atoms with Crippen LogP contribution in [0, 0.1) is 10.1 Å². The van der Waals surface area contributed by atoms with Crippen LogP contribution in [0.1, 0.15) is 12.0 Å². The number of aliphatic imine (C=N–C) groups is 1. The van der Waals surface area contributed by atoms with Crippen LogP contribution >= 0.6 is 47.5 Å². The average Bonchev–Trinajstić information content (AvgIpc) is 2.56. The van der Waals surface area contributed by atoms with Crippen LogP contribution in [-0.2, 0) is 6.54 Å². The molecule has 0 bridgehead atoms. The number of non-ortho nitro benzene ring substituents is 1. The van der Waals surface area contributed by atoms with Crippen molar-refractivity contribution in [1.82, 2.24) is 10.6 Å². The highest BCUT2D eigenvalue weighted by Gasteiger charge is 2.04. The van der Waals surface area contributed by atoms with Crippen molar-refractivity contribution in [3.63, 3.8) is 0 Å². The van der Waals surface area contributed by atoms with Gasteiger partial charge in [-0.2, -0.15) is 23.5 Å². The van der Waals surface area contributed by atoms with Gasteiger partial charge in [0.05, 0.1) is 11.5 Å². The van der Waals surface area contributed by atoms with E-state index in [4.69, 9.17) is 0 Å². The predicted molar refractivity (Wildman–Crippen MR) is 117 cm³/mol. The lowest BCUT2D eigenvalue weighted by Crippen LogP contribution is -2.39. The molecule has 136 valence electrons. The molecule has 6 nitrogen and oxygen atoms in total. The van der Waals surface area contributed by atoms with Gasteiger partial charge >= 0.3 is 0 Å². The molecule has 0 aromatic heterocycles. The first-order valence-corrected chi connectivity index (χ1v) is 10.2. The summed E-state index contributed by atoms with van der Waals surface area (Å²) in [5.41, 5.74) is 1.05. The third-order valence-electron chi connectivity index (χ3n) is 2.98. The molecule has 0 aliphatic heterocycles. The summed E-state index contributed by atoms with van der Waals surface area (Å²) >= 11 is 3.61. The van der Waals surface area contributed by atoms with E-state index in [-0.39, 0.29) is 29.7 Å².